The topological polar surface area (TPSA) is 96.0 Å². The number of halogens is 3. The van der Waals surface area contributed by atoms with Gasteiger partial charge in [-0.05, 0) is 73.2 Å². The molecular weight excluding hydrogens is 640 g/mol. The van der Waals surface area contributed by atoms with Crippen LogP contribution in [-0.4, -0.2) is 51.4 Å². The van der Waals surface area contributed by atoms with E-state index in [0.29, 0.717) is 17.9 Å². The van der Waals surface area contributed by atoms with Gasteiger partial charge in [-0.1, -0.05) is 59.6 Å². The molecule has 0 spiro atoms. The van der Waals surface area contributed by atoms with Crippen LogP contribution in [0.5, 0.6) is 5.75 Å². The summed E-state index contributed by atoms with van der Waals surface area (Å²) in [5, 5.41) is 3.34. The molecule has 0 fully saturated rings. The van der Waals surface area contributed by atoms with E-state index in [4.69, 9.17) is 27.9 Å². The maximum absolute atomic E-state index is 14.4. The number of hydrogen-bond acceptors (Lipinski definition) is 5. The minimum absolute atomic E-state index is 0.0499. The summed E-state index contributed by atoms with van der Waals surface area (Å²) in [6, 6.07) is 23.4. The summed E-state index contributed by atoms with van der Waals surface area (Å²) in [5.41, 5.74) is 1.22. The molecule has 0 aromatic heterocycles. The number of ether oxygens (including phenoxy) is 1. The highest BCUT2D eigenvalue weighted by molar-refractivity contribution is 7.92. The van der Waals surface area contributed by atoms with Crippen molar-refractivity contribution in [1.82, 2.24) is 10.2 Å². The van der Waals surface area contributed by atoms with Gasteiger partial charge in [-0.15, -0.1) is 0 Å². The molecule has 4 rings (SSSR count). The number of rotatable bonds is 13. The van der Waals surface area contributed by atoms with Gasteiger partial charge in [0.2, 0.25) is 11.8 Å². The third-order valence-electron chi connectivity index (χ3n) is 7.05. The number of hydrogen-bond donors (Lipinski definition) is 1. The molecule has 0 saturated carbocycles. The van der Waals surface area contributed by atoms with Gasteiger partial charge >= 0.3 is 0 Å². The van der Waals surface area contributed by atoms with Crippen LogP contribution < -0.4 is 14.4 Å². The average molecular weight is 673 g/mol. The number of carbonyl (C=O) groups excluding carboxylic acids is 2. The third kappa shape index (κ3) is 8.33. The van der Waals surface area contributed by atoms with Gasteiger partial charge in [-0.3, -0.25) is 13.9 Å². The number of benzene rings is 4. The zero-order valence-electron chi connectivity index (χ0n) is 24.6. The lowest BCUT2D eigenvalue weighted by molar-refractivity contribution is -0.140. The number of sulfonamides is 1. The minimum Gasteiger partial charge on any atom is -0.497 e. The van der Waals surface area contributed by atoms with Crippen LogP contribution in [0.4, 0.5) is 10.1 Å². The van der Waals surface area contributed by atoms with Crippen molar-refractivity contribution in [2.24, 2.45) is 0 Å². The number of anilines is 1. The van der Waals surface area contributed by atoms with Crippen molar-refractivity contribution in [2.75, 3.05) is 24.5 Å². The van der Waals surface area contributed by atoms with Crippen molar-refractivity contribution in [3.8, 4) is 5.75 Å². The average Bonchev–Trinajstić information content (AvgIpc) is 3.03. The molecule has 0 aliphatic rings. The van der Waals surface area contributed by atoms with Crippen molar-refractivity contribution in [1.29, 1.82) is 0 Å². The van der Waals surface area contributed by atoms with Crippen molar-refractivity contribution in [3.05, 3.63) is 124 Å². The quantitative estimate of drug-likeness (QED) is 0.185. The van der Waals surface area contributed by atoms with Crippen molar-refractivity contribution < 1.29 is 27.1 Å². The van der Waals surface area contributed by atoms with Crippen LogP contribution in [0, 0.1) is 5.82 Å². The van der Waals surface area contributed by atoms with Gasteiger partial charge in [0.05, 0.1) is 17.7 Å². The van der Waals surface area contributed by atoms with Gasteiger partial charge in [0, 0.05) is 35.1 Å². The highest BCUT2D eigenvalue weighted by Crippen LogP contribution is 2.29. The molecule has 0 heterocycles. The maximum Gasteiger partial charge on any atom is 0.264 e. The fourth-order valence-electron chi connectivity index (χ4n) is 4.71. The van der Waals surface area contributed by atoms with Crippen molar-refractivity contribution >= 4 is 50.7 Å². The fourth-order valence-corrected chi connectivity index (χ4v) is 6.64. The van der Waals surface area contributed by atoms with E-state index in [1.54, 1.807) is 25.1 Å². The van der Waals surface area contributed by atoms with E-state index in [9.17, 15) is 22.4 Å². The summed E-state index contributed by atoms with van der Waals surface area (Å²) in [7, 11) is -2.92. The van der Waals surface area contributed by atoms with Gasteiger partial charge in [0.25, 0.3) is 10.0 Å². The number of likely N-dealkylation sites (N-methyl/N-ethyl adjacent to an activating group) is 1. The molecule has 12 heteroatoms. The number of methoxy groups -OCH3 is 1. The second-order valence-corrected chi connectivity index (χ2v) is 12.7. The molecule has 0 unspecified atom stereocenters. The molecule has 45 heavy (non-hydrogen) atoms. The van der Waals surface area contributed by atoms with Gasteiger partial charge < -0.3 is 15.0 Å². The lowest BCUT2D eigenvalue weighted by atomic mass is 10.0. The lowest BCUT2D eigenvalue weighted by Gasteiger charge is -2.34. The Morgan fingerprint density at radius 1 is 0.889 bits per heavy atom. The van der Waals surface area contributed by atoms with E-state index >= 15 is 0 Å². The summed E-state index contributed by atoms with van der Waals surface area (Å²) in [6.45, 7) is 1.15. The largest absolute Gasteiger partial charge is 0.497 e. The van der Waals surface area contributed by atoms with Crippen LogP contribution in [0.15, 0.2) is 102 Å². The van der Waals surface area contributed by atoms with Gasteiger partial charge in [0.15, 0.2) is 0 Å². The summed E-state index contributed by atoms with van der Waals surface area (Å²) < 4.78 is 48.0. The first-order chi connectivity index (χ1) is 21.5. The molecule has 1 N–H and O–H groups in total. The number of nitrogens with one attached hydrogen (secondary N) is 1. The van der Waals surface area contributed by atoms with Gasteiger partial charge in [0.1, 0.15) is 24.2 Å². The smallest absolute Gasteiger partial charge is 0.264 e. The molecule has 0 aliphatic heterocycles. The second-order valence-electron chi connectivity index (χ2n) is 9.99. The first-order valence-electron chi connectivity index (χ1n) is 14.0. The molecule has 2 amide bonds. The summed E-state index contributed by atoms with van der Waals surface area (Å²) in [5.74, 6) is -1.29. The van der Waals surface area contributed by atoms with Crippen LogP contribution in [0.25, 0.3) is 0 Å². The molecule has 236 valence electrons. The molecule has 0 radical (unpaired) electrons. The monoisotopic (exact) mass is 671 g/mol. The van der Waals surface area contributed by atoms with E-state index < -0.39 is 40.2 Å². The minimum atomic E-state index is -4.37. The molecule has 0 bridgehead atoms. The Labute approximate surface area is 272 Å². The Balaban J connectivity index is 1.82. The summed E-state index contributed by atoms with van der Waals surface area (Å²) in [4.78, 5) is 29.1. The number of nitrogens with zero attached hydrogens (tertiary/aromatic N) is 2. The number of amides is 2. The highest BCUT2D eigenvalue weighted by Gasteiger charge is 2.35. The molecule has 0 aliphatic carbocycles. The number of carbonyl (C=O) groups is 2. The van der Waals surface area contributed by atoms with E-state index in [2.05, 4.69) is 5.32 Å². The normalized spacial score (nSPS) is 11.8. The summed E-state index contributed by atoms with van der Waals surface area (Å²) >= 11 is 13.0. The van der Waals surface area contributed by atoms with E-state index in [1.807, 2.05) is 30.3 Å². The van der Waals surface area contributed by atoms with Crippen LogP contribution >= 0.6 is 23.2 Å². The van der Waals surface area contributed by atoms with E-state index in [1.165, 1.54) is 48.4 Å². The fraction of sp³-hybridized carbons (Fsp3) is 0.212. The van der Waals surface area contributed by atoms with Crippen LogP contribution in [-0.2, 0) is 32.6 Å². The Morgan fingerprint density at radius 2 is 1.51 bits per heavy atom. The molecular formula is C33H32Cl2FN3O5S. The Hall–Kier alpha value is -4.12. The molecule has 4 aromatic carbocycles. The zero-order valence-corrected chi connectivity index (χ0v) is 26.9. The van der Waals surface area contributed by atoms with Crippen molar-refractivity contribution in [3.63, 3.8) is 0 Å². The molecule has 4 aromatic rings. The second kappa shape index (κ2) is 15.2. The van der Waals surface area contributed by atoms with E-state index in [0.717, 1.165) is 22.0 Å². The Kier molecular flexibility index (Phi) is 11.4. The molecule has 8 nitrogen and oxygen atoms in total. The van der Waals surface area contributed by atoms with Gasteiger partial charge in [-0.2, -0.15) is 0 Å². The first kappa shape index (κ1) is 33.8. The van der Waals surface area contributed by atoms with Gasteiger partial charge in [-0.25, -0.2) is 12.8 Å². The van der Waals surface area contributed by atoms with Crippen molar-refractivity contribution in [2.45, 2.75) is 30.8 Å². The lowest BCUT2D eigenvalue weighted by Crippen LogP contribution is -2.53. The van der Waals surface area contributed by atoms with Crippen LogP contribution in [0.2, 0.25) is 10.0 Å². The first-order valence-corrected chi connectivity index (χ1v) is 16.2. The van der Waals surface area contributed by atoms with Crippen LogP contribution in [0.1, 0.15) is 18.1 Å². The Morgan fingerprint density at radius 3 is 2.09 bits per heavy atom. The summed E-state index contributed by atoms with van der Waals surface area (Å²) in [6.07, 6.45) is 0.127. The van der Waals surface area contributed by atoms with Crippen LogP contribution in [0.3, 0.4) is 0 Å². The zero-order chi connectivity index (χ0) is 32.6. The standard InChI is InChI=1S/C33H32Cl2FN3O5S/c1-3-37-33(41)31(20-23-8-5-4-6-9-23)38(21-28-29(34)10-7-11-30(28)35)32(40)22-39(25-14-12-24(36)13-15-25)45(42,43)27-18-16-26(44-2)17-19-27/h4-19,31H,3,20-22H2,1-2H3,(H,37,41)/t31-/m0/s1. The third-order valence-corrected chi connectivity index (χ3v) is 9.55. The molecule has 1 atom stereocenters. The SMILES string of the molecule is CCNC(=O)[C@H](Cc1ccccc1)N(Cc1c(Cl)cccc1Cl)C(=O)CN(c1ccc(F)cc1)S(=O)(=O)c1ccc(OC)cc1. The predicted octanol–water partition coefficient (Wildman–Crippen LogP) is 6.11. The highest BCUT2D eigenvalue weighted by atomic mass is 35.5. The molecule has 0 saturated heterocycles. The Bertz CT molecular complexity index is 1700. The predicted molar refractivity (Wildman–Crippen MR) is 174 cm³/mol. The van der Waals surface area contributed by atoms with E-state index in [-0.39, 0.29) is 33.6 Å². The maximum atomic E-state index is 14.4.